The Labute approximate surface area is 243 Å². The first-order valence-corrected chi connectivity index (χ1v) is 14.4. The summed E-state index contributed by atoms with van der Waals surface area (Å²) in [4.78, 5) is 48.5. The lowest BCUT2D eigenvalue weighted by molar-refractivity contribution is -0.128. The van der Waals surface area contributed by atoms with Crippen LogP contribution in [0.2, 0.25) is 5.02 Å². The lowest BCUT2D eigenvalue weighted by Gasteiger charge is -2.33. The molecule has 0 spiro atoms. The Balaban J connectivity index is 1.17. The molecule has 1 atom stereocenters. The van der Waals surface area contributed by atoms with Gasteiger partial charge in [0.2, 0.25) is 6.79 Å². The van der Waals surface area contributed by atoms with Crippen LogP contribution in [0.4, 0.5) is 21.9 Å². The Hall–Kier alpha value is -4.34. The maximum Gasteiger partial charge on any atom is 0.331 e. The molecule has 4 amide bonds. The van der Waals surface area contributed by atoms with Crippen molar-refractivity contribution in [1.29, 1.82) is 5.26 Å². The molecule has 1 unspecified atom stereocenters. The second-order valence-corrected chi connectivity index (χ2v) is 11.7. The summed E-state index contributed by atoms with van der Waals surface area (Å²) >= 11 is 7.71. The molecule has 3 aliphatic heterocycles. The van der Waals surface area contributed by atoms with E-state index in [1.165, 1.54) is 16.2 Å². The van der Waals surface area contributed by atoms with Gasteiger partial charge in [0.15, 0.2) is 11.5 Å². The molecule has 1 aromatic carbocycles. The number of carbonyl (C=O) groups excluding carboxylic acids is 3. The van der Waals surface area contributed by atoms with E-state index in [0.717, 1.165) is 12.8 Å². The number of urea groups is 1. The van der Waals surface area contributed by atoms with Crippen LogP contribution in [0, 0.1) is 17.2 Å². The van der Waals surface area contributed by atoms with Crippen LogP contribution in [0.5, 0.6) is 11.5 Å². The highest BCUT2D eigenvalue weighted by Crippen LogP contribution is 2.52. The van der Waals surface area contributed by atoms with E-state index >= 15 is 0 Å². The van der Waals surface area contributed by atoms with E-state index in [1.54, 1.807) is 35.4 Å². The minimum Gasteiger partial charge on any atom is -0.454 e. The number of thiophene rings is 1. The number of ether oxygens (including phenoxy) is 2. The van der Waals surface area contributed by atoms with Crippen LogP contribution in [0.15, 0.2) is 36.0 Å². The Morgan fingerprint density at radius 3 is 2.90 bits per heavy atom. The molecule has 208 valence electrons. The number of halogens is 1. The maximum atomic E-state index is 13.6. The number of likely N-dealkylation sites (tertiary alicyclic amines) is 1. The highest BCUT2D eigenvalue weighted by Gasteiger charge is 2.37. The number of nitrogens with one attached hydrogen (secondary N) is 2. The number of benzene rings is 1. The predicted molar refractivity (Wildman–Crippen MR) is 152 cm³/mol. The van der Waals surface area contributed by atoms with E-state index in [-0.39, 0.29) is 30.2 Å². The molecule has 2 N–H and O–H groups in total. The summed E-state index contributed by atoms with van der Waals surface area (Å²) in [5, 5.41) is 16.3. The van der Waals surface area contributed by atoms with Crippen molar-refractivity contribution in [3.63, 3.8) is 0 Å². The summed E-state index contributed by atoms with van der Waals surface area (Å²) in [6.07, 6.45) is 6.73. The minimum absolute atomic E-state index is 0.0106. The summed E-state index contributed by atoms with van der Waals surface area (Å²) in [6, 6.07) is 6.24. The molecule has 7 rings (SSSR count). The second kappa shape index (κ2) is 9.94. The second-order valence-electron chi connectivity index (χ2n) is 10.3. The molecule has 2 fully saturated rings. The van der Waals surface area contributed by atoms with Crippen molar-refractivity contribution in [2.75, 3.05) is 30.1 Å². The maximum absolute atomic E-state index is 13.6. The van der Waals surface area contributed by atoms with Crippen molar-refractivity contribution in [2.24, 2.45) is 5.92 Å². The van der Waals surface area contributed by atoms with E-state index < -0.39 is 6.03 Å². The lowest BCUT2D eigenvalue weighted by Crippen LogP contribution is -2.50. The fourth-order valence-electron chi connectivity index (χ4n) is 5.46. The average molecular weight is 591 g/mol. The van der Waals surface area contributed by atoms with Gasteiger partial charge in [0.05, 0.1) is 21.8 Å². The van der Waals surface area contributed by atoms with Crippen LogP contribution >= 0.6 is 22.9 Å². The Bertz CT molecular complexity index is 1710. The minimum atomic E-state index is -0.510. The molecule has 41 heavy (non-hydrogen) atoms. The van der Waals surface area contributed by atoms with Gasteiger partial charge in [-0.25, -0.2) is 9.78 Å². The van der Waals surface area contributed by atoms with Gasteiger partial charge in [-0.2, -0.15) is 5.26 Å². The molecule has 11 nitrogen and oxygen atoms in total. The zero-order valence-electron chi connectivity index (χ0n) is 21.6. The van der Waals surface area contributed by atoms with E-state index in [2.05, 4.69) is 15.6 Å². The highest BCUT2D eigenvalue weighted by atomic mass is 35.5. The zero-order chi connectivity index (χ0) is 28.2. The predicted octanol–water partition coefficient (Wildman–Crippen LogP) is 4.94. The quantitative estimate of drug-likeness (QED) is 0.317. The van der Waals surface area contributed by atoms with Gasteiger partial charge in [-0.05, 0) is 49.8 Å². The van der Waals surface area contributed by atoms with Crippen LogP contribution in [0.1, 0.15) is 35.4 Å². The number of fused-ring (bicyclic) bond motifs is 1. The van der Waals surface area contributed by atoms with E-state index in [9.17, 15) is 19.6 Å². The molecule has 1 saturated heterocycles. The van der Waals surface area contributed by atoms with Gasteiger partial charge in [-0.3, -0.25) is 14.5 Å². The van der Waals surface area contributed by atoms with Crippen molar-refractivity contribution in [3.05, 3.63) is 45.9 Å². The summed E-state index contributed by atoms with van der Waals surface area (Å²) in [6.45, 7) is 0.844. The molecule has 1 saturated carbocycles. The Morgan fingerprint density at radius 1 is 1.24 bits per heavy atom. The summed E-state index contributed by atoms with van der Waals surface area (Å²) < 4.78 is 11.1. The van der Waals surface area contributed by atoms with Crippen LogP contribution in [-0.4, -0.2) is 53.7 Å². The number of hydrogen-bond acceptors (Lipinski definition) is 8. The van der Waals surface area contributed by atoms with Crippen LogP contribution in [0.25, 0.3) is 10.2 Å². The van der Waals surface area contributed by atoms with E-state index in [0.29, 0.717) is 80.5 Å². The number of pyridine rings is 1. The van der Waals surface area contributed by atoms with Crippen LogP contribution in [-0.2, 0) is 4.79 Å². The van der Waals surface area contributed by atoms with Crippen molar-refractivity contribution < 1.29 is 23.9 Å². The molecule has 13 heteroatoms. The number of anilines is 3. The van der Waals surface area contributed by atoms with E-state index in [1.807, 2.05) is 6.07 Å². The van der Waals surface area contributed by atoms with Gasteiger partial charge < -0.3 is 25.0 Å². The van der Waals surface area contributed by atoms with Crippen molar-refractivity contribution in [1.82, 2.24) is 15.2 Å². The first-order chi connectivity index (χ1) is 19.9. The molecule has 0 bridgehead atoms. The SMILES string of the molecule is N#CC(=CC1CC1)C(=O)N1CCCC(NC(=O)c2sc3nccc4c3c2NC(=O)N4c2c(Cl)ccc3c2OCO3)C1. The molecule has 5 heterocycles. The van der Waals surface area contributed by atoms with Gasteiger partial charge in [-0.1, -0.05) is 17.7 Å². The fourth-order valence-corrected chi connectivity index (χ4v) is 6.72. The largest absolute Gasteiger partial charge is 0.454 e. The number of nitrogens with zero attached hydrogens (tertiary/aromatic N) is 4. The molecular formula is C28H23ClN6O5S. The van der Waals surface area contributed by atoms with Crippen LogP contribution < -0.4 is 25.0 Å². The fraction of sp³-hybridized carbons (Fsp3) is 0.321. The number of rotatable bonds is 5. The normalized spacial score (nSPS) is 19.7. The monoisotopic (exact) mass is 590 g/mol. The number of carbonyl (C=O) groups is 3. The first kappa shape index (κ1) is 25.6. The molecule has 2 aromatic heterocycles. The molecule has 0 radical (unpaired) electrons. The standard InChI is InChI=1S/C28H23ClN6O5S/c29-17-5-6-19-23(40-13-39-19)22(17)35-18-7-8-31-26-20(18)21(33-28(35)38)24(41-26)25(36)32-16-2-1-9-34(12-16)27(37)15(11-30)10-14-3-4-14/h5-8,10,14,16H,1-4,9,12-13H2,(H,32,36)(H,33,38). The molecule has 3 aromatic rings. The highest BCUT2D eigenvalue weighted by molar-refractivity contribution is 7.21. The Kier molecular flexibility index (Phi) is 6.21. The summed E-state index contributed by atoms with van der Waals surface area (Å²) in [5.41, 5.74) is 1.39. The third-order valence-electron chi connectivity index (χ3n) is 7.56. The molecule has 4 aliphatic rings. The van der Waals surface area contributed by atoms with Gasteiger partial charge in [0.25, 0.3) is 11.8 Å². The van der Waals surface area contributed by atoms with Crippen molar-refractivity contribution in [2.45, 2.75) is 31.7 Å². The van der Waals surface area contributed by atoms with Gasteiger partial charge >= 0.3 is 6.03 Å². The third kappa shape index (κ3) is 4.42. The van der Waals surface area contributed by atoms with Gasteiger partial charge in [-0.15, -0.1) is 11.3 Å². The number of aromatic nitrogens is 1. The van der Waals surface area contributed by atoms with Crippen molar-refractivity contribution >= 4 is 68.1 Å². The molecular weight excluding hydrogens is 568 g/mol. The first-order valence-electron chi connectivity index (χ1n) is 13.3. The smallest absolute Gasteiger partial charge is 0.331 e. The van der Waals surface area contributed by atoms with Crippen molar-refractivity contribution in [3.8, 4) is 17.6 Å². The van der Waals surface area contributed by atoms with Gasteiger partial charge in [0.1, 0.15) is 27.0 Å². The molecule has 1 aliphatic carbocycles. The number of hydrogen-bond donors (Lipinski definition) is 2. The summed E-state index contributed by atoms with van der Waals surface area (Å²) in [7, 11) is 0. The Morgan fingerprint density at radius 2 is 2.10 bits per heavy atom. The number of nitriles is 1. The number of piperidine rings is 1. The summed E-state index contributed by atoms with van der Waals surface area (Å²) in [5.74, 6) is 0.479. The van der Waals surface area contributed by atoms with E-state index in [4.69, 9.17) is 21.1 Å². The number of amides is 4. The van der Waals surface area contributed by atoms with Crippen LogP contribution in [0.3, 0.4) is 0 Å². The third-order valence-corrected chi connectivity index (χ3v) is 8.96. The number of allylic oxidation sites excluding steroid dienone is 1. The zero-order valence-corrected chi connectivity index (χ0v) is 23.2. The van der Waals surface area contributed by atoms with Gasteiger partial charge in [0, 0.05) is 25.3 Å². The lowest BCUT2D eigenvalue weighted by atomic mass is 10.0. The average Bonchev–Trinajstić information content (AvgIpc) is 3.53. The topological polar surface area (TPSA) is 137 Å².